The van der Waals surface area contributed by atoms with Crippen LogP contribution in [0.5, 0.6) is 0 Å². The Hall–Kier alpha value is -1.28. The Bertz CT molecular complexity index is 546. The second-order valence-corrected chi connectivity index (χ2v) is 5.58. The van der Waals surface area contributed by atoms with Crippen LogP contribution in [0, 0.1) is 0 Å². The zero-order valence-electron chi connectivity index (χ0n) is 12.4. The van der Waals surface area contributed by atoms with Crippen molar-refractivity contribution in [3.05, 3.63) is 47.0 Å². The number of unbranched alkanes of at least 4 members (excludes halogenated alkanes) is 2. The highest BCUT2D eigenvalue weighted by Crippen LogP contribution is 2.23. The minimum atomic E-state index is 0.782. The summed E-state index contributed by atoms with van der Waals surface area (Å²) in [5.74, 6) is 1.13. The van der Waals surface area contributed by atoms with Gasteiger partial charge >= 0.3 is 0 Å². The van der Waals surface area contributed by atoms with Crippen molar-refractivity contribution in [3.8, 4) is 5.69 Å². The topological polar surface area (TPSA) is 17.8 Å². The fourth-order valence-electron chi connectivity index (χ4n) is 2.32. The lowest BCUT2D eigenvalue weighted by atomic mass is 10.2. The molecule has 1 aromatic carbocycles. The maximum absolute atomic E-state index is 6.33. The molecule has 0 unspecified atom stereocenters. The van der Waals surface area contributed by atoms with Crippen molar-refractivity contribution in [1.29, 1.82) is 0 Å². The molecule has 0 fully saturated rings. The fourth-order valence-corrected chi connectivity index (χ4v) is 2.54. The first-order valence-corrected chi connectivity index (χ1v) is 7.96. The molecule has 0 spiro atoms. The van der Waals surface area contributed by atoms with E-state index in [1.54, 1.807) is 0 Å². The lowest BCUT2D eigenvalue weighted by Gasteiger charge is -2.08. The lowest BCUT2D eigenvalue weighted by molar-refractivity contribution is 0.734. The van der Waals surface area contributed by atoms with Gasteiger partial charge < -0.3 is 4.57 Å². The summed E-state index contributed by atoms with van der Waals surface area (Å²) < 4.78 is 2.17. The average molecular weight is 291 g/mol. The number of nitrogens with zero attached hydrogens (tertiary/aromatic N) is 2. The Morgan fingerprint density at radius 1 is 1.05 bits per heavy atom. The molecule has 0 radical (unpaired) electrons. The molecule has 0 aliphatic carbocycles. The number of imidazole rings is 1. The summed E-state index contributed by atoms with van der Waals surface area (Å²) >= 11 is 6.33. The largest absolute Gasteiger partial charge is 0.302 e. The minimum Gasteiger partial charge on any atom is -0.302 e. The SMILES string of the molecule is CCCCc1cn(-c2ccccc2Cl)c(CCCC)n1. The molecule has 0 saturated carbocycles. The van der Waals surface area contributed by atoms with Crippen LogP contribution in [0.1, 0.15) is 51.0 Å². The van der Waals surface area contributed by atoms with Crippen LogP contribution in [0.4, 0.5) is 0 Å². The van der Waals surface area contributed by atoms with Gasteiger partial charge in [-0.05, 0) is 31.4 Å². The van der Waals surface area contributed by atoms with Crippen molar-refractivity contribution < 1.29 is 0 Å². The van der Waals surface area contributed by atoms with E-state index in [0.717, 1.165) is 35.8 Å². The van der Waals surface area contributed by atoms with Crippen LogP contribution in [0.25, 0.3) is 5.69 Å². The highest BCUT2D eigenvalue weighted by molar-refractivity contribution is 6.32. The number of rotatable bonds is 7. The Kier molecular flexibility index (Phi) is 5.66. The molecule has 2 rings (SSSR count). The quantitative estimate of drug-likeness (QED) is 0.684. The summed E-state index contributed by atoms with van der Waals surface area (Å²) in [5.41, 5.74) is 2.22. The molecule has 0 bridgehead atoms. The third-order valence-corrected chi connectivity index (χ3v) is 3.80. The Labute approximate surface area is 126 Å². The van der Waals surface area contributed by atoms with Crippen molar-refractivity contribution in [3.63, 3.8) is 0 Å². The van der Waals surface area contributed by atoms with Gasteiger partial charge in [0.25, 0.3) is 0 Å². The average Bonchev–Trinajstić information content (AvgIpc) is 2.86. The van der Waals surface area contributed by atoms with Gasteiger partial charge in [0.05, 0.1) is 16.4 Å². The maximum atomic E-state index is 6.33. The zero-order valence-corrected chi connectivity index (χ0v) is 13.2. The molecule has 0 saturated heterocycles. The summed E-state index contributed by atoms with van der Waals surface area (Å²) in [6, 6.07) is 7.98. The number of hydrogen-bond donors (Lipinski definition) is 0. The number of halogens is 1. The molecule has 108 valence electrons. The van der Waals surface area contributed by atoms with Crippen LogP contribution in [-0.4, -0.2) is 9.55 Å². The van der Waals surface area contributed by atoms with Crippen LogP contribution in [-0.2, 0) is 12.8 Å². The van der Waals surface area contributed by atoms with Crippen LogP contribution < -0.4 is 0 Å². The second kappa shape index (κ2) is 7.49. The summed E-state index contributed by atoms with van der Waals surface area (Å²) in [5, 5.41) is 0.782. The van der Waals surface area contributed by atoms with Gasteiger partial charge in [0, 0.05) is 12.6 Å². The molecular formula is C17H23ClN2. The van der Waals surface area contributed by atoms with E-state index in [4.69, 9.17) is 16.6 Å². The van der Waals surface area contributed by atoms with E-state index in [1.807, 2.05) is 18.2 Å². The van der Waals surface area contributed by atoms with Gasteiger partial charge in [-0.1, -0.05) is 50.4 Å². The molecule has 3 heteroatoms. The number of benzene rings is 1. The molecule has 1 heterocycles. The predicted octanol–water partition coefficient (Wildman–Crippen LogP) is 5.21. The van der Waals surface area contributed by atoms with Gasteiger partial charge in [-0.15, -0.1) is 0 Å². The number of hydrogen-bond acceptors (Lipinski definition) is 1. The number of aromatic nitrogens is 2. The van der Waals surface area contributed by atoms with Crippen LogP contribution in [0.3, 0.4) is 0 Å². The van der Waals surface area contributed by atoms with E-state index in [9.17, 15) is 0 Å². The van der Waals surface area contributed by atoms with Crippen LogP contribution in [0.2, 0.25) is 5.02 Å². The minimum absolute atomic E-state index is 0.782. The Balaban J connectivity index is 2.33. The van der Waals surface area contributed by atoms with Crippen molar-refractivity contribution in [2.24, 2.45) is 0 Å². The molecule has 2 aromatic rings. The number of aryl methyl sites for hydroxylation is 2. The lowest BCUT2D eigenvalue weighted by Crippen LogP contribution is -2.01. The van der Waals surface area contributed by atoms with E-state index in [2.05, 4.69) is 30.7 Å². The summed E-state index contributed by atoms with van der Waals surface area (Å²) in [6.07, 6.45) is 8.94. The molecule has 0 amide bonds. The highest BCUT2D eigenvalue weighted by Gasteiger charge is 2.11. The molecule has 0 aliphatic heterocycles. The monoisotopic (exact) mass is 290 g/mol. The second-order valence-electron chi connectivity index (χ2n) is 5.18. The standard InChI is InChI=1S/C17H23ClN2/c1-3-5-9-14-13-20(17(19-14)12-6-4-2)16-11-8-7-10-15(16)18/h7-8,10-11,13H,3-6,9,12H2,1-2H3. The van der Waals surface area contributed by atoms with E-state index < -0.39 is 0 Å². The molecular weight excluding hydrogens is 268 g/mol. The predicted molar refractivity (Wildman–Crippen MR) is 85.8 cm³/mol. The molecule has 0 aliphatic rings. The summed E-state index contributed by atoms with van der Waals surface area (Å²) in [7, 11) is 0. The first kappa shape index (κ1) is 15.1. The van der Waals surface area contributed by atoms with E-state index in [-0.39, 0.29) is 0 Å². The first-order chi connectivity index (χ1) is 9.76. The molecule has 2 nitrogen and oxygen atoms in total. The van der Waals surface area contributed by atoms with Gasteiger partial charge in [0.15, 0.2) is 0 Å². The van der Waals surface area contributed by atoms with Gasteiger partial charge in [-0.2, -0.15) is 0 Å². The van der Waals surface area contributed by atoms with Crippen LogP contribution >= 0.6 is 11.6 Å². The maximum Gasteiger partial charge on any atom is 0.113 e. The fraction of sp³-hybridized carbons (Fsp3) is 0.471. The van der Waals surface area contributed by atoms with Gasteiger partial charge in [0.1, 0.15) is 5.82 Å². The van der Waals surface area contributed by atoms with Crippen molar-refractivity contribution in [2.45, 2.75) is 52.4 Å². The van der Waals surface area contributed by atoms with Crippen molar-refractivity contribution in [2.75, 3.05) is 0 Å². The normalized spacial score (nSPS) is 10.9. The highest BCUT2D eigenvalue weighted by atomic mass is 35.5. The number of para-hydroxylation sites is 1. The van der Waals surface area contributed by atoms with Gasteiger partial charge in [-0.3, -0.25) is 0 Å². The summed E-state index contributed by atoms with van der Waals surface area (Å²) in [6.45, 7) is 4.42. The third-order valence-electron chi connectivity index (χ3n) is 3.48. The van der Waals surface area contributed by atoms with Gasteiger partial charge in [0.2, 0.25) is 0 Å². The van der Waals surface area contributed by atoms with E-state index in [1.165, 1.54) is 25.0 Å². The molecule has 0 atom stereocenters. The van der Waals surface area contributed by atoms with Crippen molar-refractivity contribution >= 4 is 11.6 Å². The smallest absolute Gasteiger partial charge is 0.113 e. The summed E-state index contributed by atoms with van der Waals surface area (Å²) in [4.78, 5) is 4.81. The Morgan fingerprint density at radius 2 is 1.75 bits per heavy atom. The molecule has 0 N–H and O–H groups in total. The van der Waals surface area contributed by atoms with E-state index >= 15 is 0 Å². The van der Waals surface area contributed by atoms with Crippen LogP contribution in [0.15, 0.2) is 30.5 Å². The van der Waals surface area contributed by atoms with E-state index in [0.29, 0.717) is 0 Å². The molecule has 1 aromatic heterocycles. The first-order valence-electron chi connectivity index (χ1n) is 7.58. The Morgan fingerprint density at radius 3 is 2.45 bits per heavy atom. The zero-order chi connectivity index (χ0) is 14.4. The molecule has 20 heavy (non-hydrogen) atoms. The van der Waals surface area contributed by atoms with Gasteiger partial charge in [-0.25, -0.2) is 4.98 Å². The van der Waals surface area contributed by atoms with Crippen molar-refractivity contribution in [1.82, 2.24) is 9.55 Å². The third kappa shape index (κ3) is 3.63.